The lowest BCUT2D eigenvalue weighted by Crippen LogP contribution is -2.57. The average molecular weight is 403 g/mol. The summed E-state index contributed by atoms with van der Waals surface area (Å²) in [5.74, 6) is 0.646. The van der Waals surface area contributed by atoms with Gasteiger partial charge in [0.25, 0.3) is 0 Å². The molecule has 2 saturated heterocycles. The first-order valence-corrected chi connectivity index (χ1v) is 10.8. The number of carbonyl (C=O) groups is 2. The average Bonchev–Trinajstić information content (AvgIpc) is 2.73. The molecule has 2 fully saturated rings. The molecule has 0 aliphatic carbocycles. The Morgan fingerprint density at radius 1 is 1.28 bits per heavy atom. The maximum Gasteiger partial charge on any atom is 0.237 e. The molecule has 0 radical (unpaired) electrons. The highest BCUT2D eigenvalue weighted by Gasteiger charge is 2.33. The molecule has 7 nitrogen and oxygen atoms in total. The van der Waals surface area contributed by atoms with Crippen molar-refractivity contribution in [3.63, 3.8) is 0 Å². The van der Waals surface area contributed by atoms with Gasteiger partial charge in [-0.1, -0.05) is 19.9 Å². The molecule has 29 heavy (non-hydrogen) atoms. The van der Waals surface area contributed by atoms with E-state index in [1.165, 1.54) is 0 Å². The minimum atomic E-state index is -0.340. The number of rotatable bonds is 8. The number of amides is 2. The van der Waals surface area contributed by atoms with Crippen molar-refractivity contribution in [3.05, 3.63) is 30.1 Å². The first-order valence-electron chi connectivity index (χ1n) is 10.8. The minimum Gasteiger partial charge on any atom is -0.372 e. The Labute approximate surface area is 173 Å². The maximum absolute atomic E-state index is 12.9. The van der Waals surface area contributed by atoms with Gasteiger partial charge in [-0.05, 0) is 43.9 Å². The molecule has 0 saturated carbocycles. The first kappa shape index (κ1) is 21.7. The fraction of sp³-hybridized carbons (Fsp3) is 0.682. The van der Waals surface area contributed by atoms with Gasteiger partial charge in [0, 0.05) is 32.4 Å². The molecular weight excluding hydrogens is 368 g/mol. The van der Waals surface area contributed by atoms with E-state index in [9.17, 15) is 9.59 Å². The molecule has 1 aromatic rings. The molecule has 160 valence electrons. The number of carbonyl (C=O) groups excluding carboxylic acids is 2. The van der Waals surface area contributed by atoms with E-state index in [1.807, 2.05) is 23.1 Å². The third kappa shape index (κ3) is 6.51. The SMILES string of the molecule is CC(C)CCN1CCNC(=O)[C@@H]1CC(=O)N1CCC(OCc2ccccn2)CC1. The number of pyridine rings is 1. The van der Waals surface area contributed by atoms with E-state index in [-0.39, 0.29) is 30.4 Å². The predicted octanol–water partition coefficient (Wildman–Crippen LogP) is 1.83. The Bertz CT molecular complexity index is 659. The zero-order valence-corrected chi connectivity index (χ0v) is 17.7. The van der Waals surface area contributed by atoms with Gasteiger partial charge in [-0.25, -0.2) is 0 Å². The molecular formula is C22H34N4O3. The van der Waals surface area contributed by atoms with E-state index in [4.69, 9.17) is 4.74 Å². The van der Waals surface area contributed by atoms with Gasteiger partial charge in [0.05, 0.1) is 30.9 Å². The lowest BCUT2D eigenvalue weighted by atomic mass is 10.0. The fourth-order valence-corrected chi connectivity index (χ4v) is 3.93. The summed E-state index contributed by atoms with van der Waals surface area (Å²) in [6.45, 7) is 8.60. The minimum absolute atomic E-state index is 0.0121. The number of hydrogen-bond acceptors (Lipinski definition) is 5. The lowest BCUT2D eigenvalue weighted by molar-refractivity contribution is -0.140. The van der Waals surface area contributed by atoms with Crippen LogP contribution in [0.5, 0.6) is 0 Å². The van der Waals surface area contributed by atoms with Crippen LogP contribution >= 0.6 is 0 Å². The number of piperidine rings is 1. The standard InChI is InChI=1S/C22H34N4O3/c1-17(2)6-11-25-14-10-24-22(28)20(25)15-21(27)26-12-7-19(8-13-26)29-16-18-5-3-4-9-23-18/h3-5,9,17,19-20H,6-8,10-16H2,1-2H3,(H,24,28)/t20-/m0/s1. The molecule has 0 spiro atoms. The highest BCUT2D eigenvalue weighted by Crippen LogP contribution is 2.18. The summed E-state index contributed by atoms with van der Waals surface area (Å²) in [4.78, 5) is 33.6. The number of aromatic nitrogens is 1. The van der Waals surface area contributed by atoms with Gasteiger partial charge in [0.15, 0.2) is 0 Å². The van der Waals surface area contributed by atoms with E-state index >= 15 is 0 Å². The maximum atomic E-state index is 12.9. The highest BCUT2D eigenvalue weighted by atomic mass is 16.5. The third-order valence-corrected chi connectivity index (χ3v) is 5.79. The third-order valence-electron chi connectivity index (χ3n) is 5.79. The van der Waals surface area contributed by atoms with Crippen LogP contribution in [0.15, 0.2) is 24.4 Å². The second-order valence-corrected chi connectivity index (χ2v) is 8.44. The quantitative estimate of drug-likeness (QED) is 0.718. The largest absolute Gasteiger partial charge is 0.372 e. The van der Waals surface area contributed by atoms with E-state index in [0.717, 1.165) is 38.0 Å². The Balaban J connectivity index is 1.45. The molecule has 0 unspecified atom stereocenters. The van der Waals surface area contributed by atoms with E-state index in [1.54, 1.807) is 6.20 Å². The topological polar surface area (TPSA) is 74.8 Å². The second kappa shape index (κ2) is 10.7. The van der Waals surface area contributed by atoms with Gasteiger partial charge in [0.2, 0.25) is 11.8 Å². The molecule has 3 rings (SSSR count). The zero-order chi connectivity index (χ0) is 20.6. The van der Waals surface area contributed by atoms with Gasteiger partial charge in [-0.15, -0.1) is 0 Å². The Morgan fingerprint density at radius 2 is 2.07 bits per heavy atom. The number of nitrogens with one attached hydrogen (secondary N) is 1. The molecule has 1 N–H and O–H groups in total. The van der Waals surface area contributed by atoms with Gasteiger partial charge in [-0.2, -0.15) is 0 Å². The van der Waals surface area contributed by atoms with E-state index < -0.39 is 0 Å². The van der Waals surface area contributed by atoms with Crippen LogP contribution in [0.2, 0.25) is 0 Å². The smallest absolute Gasteiger partial charge is 0.237 e. The van der Waals surface area contributed by atoms with Crippen LogP contribution in [-0.2, 0) is 20.9 Å². The Kier molecular flexibility index (Phi) is 8.00. The Morgan fingerprint density at radius 3 is 2.76 bits per heavy atom. The summed E-state index contributed by atoms with van der Waals surface area (Å²) in [7, 11) is 0. The van der Waals surface area contributed by atoms with Crippen LogP contribution in [0.25, 0.3) is 0 Å². The van der Waals surface area contributed by atoms with Gasteiger partial charge >= 0.3 is 0 Å². The number of hydrogen-bond donors (Lipinski definition) is 1. The summed E-state index contributed by atoms with van der Waals surface area (Å²) in [6.07, 6.45) is 4.88. The van der Waals surface area contributed by atoms with Crippen LogP contribution in [-0.4, -0.2) is 71.5 Å². The number of piperazine rings is 1. The number of nitrogens with zero attached hydrogens (tertiary/aromatic N) is 3. The lowest BCUT2D eigenvalue weighted by Gasteiger charge is -2.37. The summed E-state index contributed by atoms with van der Waals surface area (Å²) in [6, 6.07) is 5.47. The summed E-state index contributed by atoms with van der Waals surface area (Å²) < 4.78 is 5.96. The van der Waals surface area contributed by atoms with E-state index in [0.29, 0.717) is 32.2 Å². The Hall–Kier alpha value is -1.99. The van der Waals surface area contributed by atoms with Crippen molar-refractivity contribution in [2.24, 2.45) is 5.92 Å². The first-order chi connectivity index (χ1) is 14.0. The monoisotopic (exact) mass is 402 g/mol. The molecule has 2 aliphatic heterocycles. The van der Waals surface area contributed by atoms with Gasteiger partial charge < -0.3 is 15.0 Å². The van der Waals surface area contributed by atoms with Crippen molar-refractivity contribution in [1.82, 2.24) is 20.1 Å². The fourth-order valence-electron chi connectivity index (χ4n) is 3.93. The number of ether oxygens (including phenoxy) is 1. The van der Waals surface area contributed by atoms with Crippen LogP contribution < -0.4 is 5.32 Å². The summed E-state index contributed by atoms with van der Waals surface area (Å²) >= 11 is 0. The molecule has 0 aromatic carbocycles. The van der Waals surface area contributed by atoms with Crippen molar-refractivity contribution in [3.8, 4) is 0 Å². The predicted molar refractivity (Wildman–Crippen MR) is 111 cm³/mol. The van der Waals surface area contributed by atoms with Gasteiger partial charge in [-0.3, -0.25) is 19.5 Å². The molecule has 2 amide bonds. The zero-order valence-electron chi connectivity index (χ0n) is 17.7. The highest BCUT2D eigenvalue weighted by molar-refractivity contribution is 5.88. The summed E-state index contributed by atoms with van der Waals surface area (Å²) in [5, 5.41) is 2.92. The molecule has 2 aliphatic rings. The molecule has 1 aromatic heterocycles. The number of likely N-dealkylation sites (tertiary alicyclic amines) is 1. The van der Waals surface area contributed by atoms with E-state index in [2.05, 4.69) is 29.0 Å². The summed E-state index contributed by atoms with van der Waals surface area (Å²) in [5.41, 5.74) is 0.927. The normalized spacial score (nSPS) is 21.4. The molecule has 1 atom stereocenters. The van der Waals surface area contributed by atoms with Crippen LogP contribution in [0.1, 0.15) is 45.2 Å². The van der Waals surface area contributed by atoms with Crippen LogP contribution in [0.4, 0.5) is 0 Å². The van der Waals surface area contributed by atoms with Crippen molar-refractivity contribution in [2.45, 2.75) is 58.3 Å². The van der Waals surface area contributed by atoms with Crippen molar-refractivity contribution >= 4 is 11.8 Å². The van der Waals surface area contributed by atoms with Crippen LogP contribution in [0, 0.1) is 5.92 Å². The molecule has 7 heteroatoms. The van der Waals surface area contributed by atoms with Gasteiger partial charge in [0.1, 0.15) is 0 Å². The van der Waals surface area contributed by atoms with Crippen LogP contribution in [0.3, 0.4) is 0 Å². The van der Waals surface area contributed by atoms with Crippen molar-refractivity contribution in [2.75, 3.05) is 32.7 Å². The van der Waals surface area contributed by atoms with Crippen molar-refractivity contribution < 1.29 is 14.3 Å². The molecule has 3 heterocycles. The molecule has 0 bridgehead atoms. The van der Waals surface area contributed by atoms with Crippen molar-refractivity contribution in [1.29, 1.82) is 0 Å². The second-order valence-electron chi connectivity index (χ2n) is 8.44.